The van der Waals surface area contributed by atoms with Crippen LogP contribution in [0.25, 0.3) is 0 Å². The summed E-state index contributed by atoms with van der Waals surface area (Å²) in [6, 6.07) is 17.6. The number of fused-ring (bicyclic) bond motifs is 1. The molecule has 2 atom stereocenters. The summed E-state index contributed by atoms with van der Waals surface area (Å²) >= 11 is 0. The average molecular weight is 515 g/mol. The predicted molar refractivity (Wildman–Crippen MR) is 127 cm³/mol. The van der Waals surface area contributed by atoms with Gasteiger partial charge in [-0.3, -0.25) is 4.79 Å². The first-order chi connectivity index (χ1) is 17.7. The van der Waals surface area contributed by atoms with E-state index in [0.717, 1.165) is 11.1 Å². The van der Waals surface area contributed by atoms with E-state index in [0.29, 0.717) is 0 Å². The van der Waals surface area contributed by atoms with Crippen molar-refractivity contribution in [3.8, 4) is 0 Å². The largest absolute Gasteiger partial charge is 0.465 e. The Balaban J connectivity index is 1.71. The van der Waals surface area contributed by atoms with Crippen molar-refractivity contribution < 1.29 is 33.0 Å². The monoisotopic (exact) mass is 514 g/mol. The van der Waals surface area contributed by atoms with E-state index in [1.807, 2.05) is 60.7 Å². The number of hydrogen-bond donors (Lipinski definition) is 3. The summed E-state index contributed by atoms with van der Waals surface area (Å²) in [4.78, 5) is 25.2. The zero-order valence-electron chi connectivity index (χ0n) is 19.6. The van der Waals surface area contributed by atoms with Crippen LogP contribution in [0.5, 0.6) is 0 Å². The number of alkyl halides is 3. The summed E-state index contributed by atoms with van der Waals surface area (Å²) < 4.78 is 44.5. The molecule has 2 amide bonds. The van der Waals surface area contributed by atoms with Gasteiger partial charge in [0.05, 0.1) is 5.69 Å². The van der Waals surface area contributed by atoms with Crippen molar-refractivity contribution in [2.75, 3.05) is 18.4 Å². The fourth-order valence-electron chi connectivity index (χ4n) is 5.32. The number of anilines is 1. The Kier molecular flexibility index (Phi) is 6.40. The lowest BCUT2D eigenvalue weighted by molar-refractivity contribution is -0.177. The lowest BCUT2D eigenvalue weighted by atomic mass is 9.83. The van der Waals surface area contributed by atoms with Gasteiger partial charge in [0.15, 0.2) is 0 Å². The van der Waals surface area contributed by atoms with E-state index in [9.17, 15) is 33.0 Å². The maximum atomic E-state index is 14.4. The molecule has 0 saturated carbocycles. The Morgan fingerprint density at radius 3 is 2.03 bits per heavy atom. The van der Waals surface area contributed by atoms with Crippen molar-refractivity contribution in [1.29, 1.82) is 0 Å². The number of amides is 2. The number of aliphatic hydroxyl groups is 1. The molecule has 1 aromatic heterocycles. The molecule has 2 aliphatic rings. The number of aliphatic hydroxyl groups excluding tert-OH is 1. The molecule has 2 aromatic carbocycles. The van der Waals surface area contributed by atoms with E-state index in [2.05, 4.69) is 5.32 Å². The van der Waals surface area contributed by atoms with Crippen LogP contribution >= 0.6 is 0 Å². The van der Waals surface area contributed by atoms with Gasteiger partial charge in [-0.1, -0.05) is 60.7 Å². The van der Waals surface area contributed by atoms with E-state index in [1.54, 1.807) is 0 Å². The number of carbonyl (C=O) groups is 2. The Labute approximate surface area is 210 Å². The zero-order chi connectivity index (χ0) is 26.3. The van der Waals surface area contributed by atoms with Crippen molar-refractivity contribution in [2.45, 2.75) is 43.0 Å². The van der Waals surface area contributed by atoms with Crippen LogP contribution in [-0.2, 0) is 4.79 Å². The molecular formula is C26H25F3N4O4. The summed E-state index contributed by atoms with van der Waals surface area (Å²) in [7, 11) is 0. The maximum Gasteiger partial charge on any atom is 0.407 e. The number of halogens is 3. The van der Waals surface area contributed by atoms with Crippen molar-refractivity contribution >= 4 is 17.8 Å². The van der Waals surface area contributed by atoms with Crippen molar-refractivity contribution in [1.82, 2.24) is 14.7 Å². The van der Waals surface area contributed by atoms with E-state index in [4.69, 9.17) is 5.10 Å². The lowest BCUT2D eigenvalue weighted by Crippen LogP contribution is -2.45. The highest BCUT2D eigenvalue weighted by Crippen LogP contribution is 2.49. The van der Waals surface area contributed by atoms with Gasteiger partial charge in [0.2, 0.25) is 0 Å². The third kappa shape index (κ3) is 4.55. The van der Waals surface area contributed by atoms with Crippen LogP contribution in [0.15, 0.2) is 60.7 Å². The molecule has 2 aliphatic heterocycles. The van der Waals surface area contributed by atoms with Crippen LogP contribution in [0.1, 0.15) is 53.1 Å². The molecule has 0 radical (unpaired) electrons. The number of piperidine rings is 1. The van der Waals surface area contributed by atoms with Gasteiger partial charge in [0.25, 0.3) is 5.91 Å². The number of likely N-dealkylation sites (tertiary alicyclic amines) is 1. The van der Waals surface area contributed by atoms with Gasteiger partial charge in [0.1, 0.15) is 23.9 Å². The maximum absolute atomic E-state index is 14.4. The van der Waals surface area contributed by atoms with Gasteiger partial charge >= 0.3 is 12.3 Å². The van der Waals surface area contributed by atoms with Crippen molar-refractivity contribution in [2.24, 2.45) is 0 Å². The number of aromatic nitrogens is 2. The summed E-state index contributed by atoms with van der Waals surface area (Å²) in [5, 5.41) is 26.9. The van der Waals surface area contributed by atoms with Crippen molar-refractivity contribution in [3.63, 3.8) is 0 Å². The second-order valence-corrected chi connectivity index (χ2v) is 9.31. The minimum absolute atomic E-state index is 0.106. The molecule has 1 fully saturated rings. The number of nitrogens with zero attached hydrogens (tertiary/aromatic N) is 3. The fraction of sp³-hybridized carbons (Fsp3) is 0.346. The highest BCUT2D eigenvalue weighted by molar-refractivity contribution is 5.97. The Bertz CT molecular complexity index is 1250. The normalized spacial score (nSPS) is 20.6. The molecule has 5 rings (SSSR count). The summed E-state index contributed by atoms with van der Waals surface area (Å²) in [6.07, 6.45) is -7.78. The smallest absolute Gasteiger partial charge is 0.407 e. The number of benzene rings is 2. The molecule has 0 spiro atoms. The van der Waals surface area contributed by atoms with Gasteiger partial charge in [-0.25, -0.2) is 9.48 Å². The number of rotatable bonds is 4. The molecule has 3 N–H and O–H groups in total. The molecule has 0 unspecified atom stereocenters. The highest BCUT2D eigenvalue weighted by Gasteiger charge is 2.54. The van der Waals surface area contributed by atoms with Crippen molar-refractivity contribution in [3.05, 3.63) is 83.0 Å². The molecule has 8 nitrogen and oxygen atoms in total. The van der Waals surface area contributed by atoms with Crippen LogP contribution < -0.4 is 5.32 Å². The van der Waals surface area contributed by atoms with E-state index < -0.39 is 42.2 Å². The number of hydrogen-bond acceptors (Lipinski definition) is 4. The van der Waals surface area contributed by atoms with Crippen LogP contribution in [0.3, 0.4) is 0 Å². The van der Waals surface area contributed by atoms with Crippen LogP contribution in [0.2, 0.25) is 0 Å². The van der Waals surface area contributed by atoms with E-state index in [1.165, 1.54) is 9.58 Å². The van der Waals surface area contributed by atoms with Gasteiger partial charge < -0.3 is 20.4 Å². The number of nitrogens with one attached hydrogen (secondary N) is 1. The van der Waals surface area contributed by atoms with Crippen LogP contribution in [-0.4, -0.2) is 62.3 Å². The van der Waals surface area contributed by atoms with Gasteiger partial charge in [-0.05, 0) is 24.0 Å². The number of carbonyl (C=O) groups excluding carboxylic acids is 1. The molecule has 0 bridgehead atoms. The van der Waals surface area contributed by atoms with Gasteiger partial charge in [0, 0.05) is 24.6 Å². The topological polar surface area (TPSA) is 108 Å². The second kappa shape index (κ2) is 9.55. The Morgan fingerprint density at radius 2 is 1.54 bits per heavy atom. The molecule has 3 heterocycles. The predicted octanol–water partition coefficient (Wildman–Crippen LogP) is 4.34. The van der Waals surface area contributed by atoms with Crippen LogP contribution in [0.4, 0.5) is 23.8 Å². The highest BCUT2D eigenvalue weighted by atomic mass is 19.4. The first kappa shape index (κ1) is 24.8. The van der Waals surface area contributed by atoms with E-state index in [-0.39, 0.29) is 43.0 Å². The first-order valence-electron chi connectivity index (χ1n) is 11.9. The average Bonchev–Trinajstić information content (AvgIpc) is 3.23. The minimum Gasteiger partial charge on any atom is -0.465 e. The fourth-order valence-corrected chi connectivity index (χ4v) is 5.32. The SMILES string of the molecule is O=C1Nc2c(c(C3CCN(C(=O)O)CC3)nn2C(c2ccccc2)c2ccccc2)[C@H](C(F)(F)F)[C@H]1O. The van der Waals surface area contributed by atoms with Crippen LogP contribution in [0, 0.1) is 0 Å². The third-order valence-corrected chi connectivity index (χ3v) is 7.09. The molecule has 1 saturated heterocycles. The molecule has 3 aromatic rings. The molecule has 194 valence electrons. The minimum atomic E-state index is -4.91. The molecular weight excluding hydrogens is 489 g/mol. The quantitative estimate of drug-likeness (QED) is 0.480. The molecule has 0 aliphatic carbocycles. The summed E-state index contributed by atoms with van der Waals surface area (Å²) in [5.41, 5.74) is 1.36. The second-order valence-electron chi connectivity index (χ2n) is 9.31. The first-order valence-corrected chi connectivity index (χ1v) is 11.9. The summed E-state index contributed by atoms with van der Waals surface area (Å²) in [6.45, 7) is 0.294. The summed E-state index contributed by atoms with van der Waals surface area (Å²) in [5.74, 6) is -4.19. The van der Waals surface area contributed by atoms with E-state index >= 15 is 0 Å². The Morgan fingerprint density at radius 1 is 1.00 bits per heavy atom. The molecule has 11 heteroatoms. The standard InChI is InChI=1S/C26H25F3N4O4/c27-26(28,29)19-18-20(15-11-13-32(14-12-15)25(36)37)31-33(23(18)30-24(35)22(19)34)21(16-7-3-1-4-8-16)17-9-5-2-6-10-17/h1-10,15,19,21-22,34H,11-14H2,(H,30,35)(H,36,37)/t19-,22+/m0/s1. The zero-order valence-corrected chi connectivity index (χ0v) is 19.6. The number of carboxylic acid groups (broad SMARTS) is 1. The molecule has 37 heavy (non-hydrogen) atoms. The van der Waals surface area contributed by atoms with Gasteiger partial charge in [-0.15, -0.1) is 0 Å². The third-order valence-electron chi connectivity index (χ3n) is 7.09. The lowest BCUT2D eigenvalue weighted by Gasteiger charge is -2.33. The Hall–Kier alpha value is -3.86. The van der Waals surface area contributed by atoms with Gasteiger partial charge in [-0.2, -0.15) is 18.3 Å².